The van der Waals surface area contributed by atoms with E-state index >= 15 is 0 Å². The maximum absolute atomic E-state index is 14.5. The Morgan fingerprint density at radius 3 is 2.06 bits per heavy atom. The molecule has 0 fully saturated rings. The van der Waals surface area contributed by atoms with Crippen molar-refractivity contribution in [3.63, 3.8) is 0 Å². The van der Waals surface area contributed by atoms with E-state index in [9.17, 15) is 19.7 Å². The van der Waals surface area contributed by atoms with Crippen molar-refractivity contribution in [2.45, 2.75) is 96.1 Å². The predicted molar refractivity (Wildman–Crippen MR) is 187 cm³/mol. The number of hydrogen-bond acceptors (Lipinski definition) is 7. The van der Waals surface area contributed by atoms with Crippen LogP contribution >= 0.6 is 7.37 Å². The maximum atomic E-state index is 14.5. The second-order valence-electron chi connectivity index (χ2n) is 13.1. The zero-order valence-electron chi connectivity index (χ0n) is 28.4. The summed E-state index contributed by atoms with van der Waals surface area (Å²) in [6.07, 6.45) is 5.90. The number of carbonyl (C=O) groups excluding carboxylic acids is 1. The van der Waals surface area contributed by atoms with E-state index in [0.29, 0.717) is 24.3 Å². The van der Waals surface area contributed by atoms with Crippen LogP contribution in [0, 0.1) is 11.3 Å². The van der Waals surface area contributed by atoms with E-state index < -0.39 is 31.2 Å². The minimum atomic E-state index is -3.36. The number of hydrogen-bond donors (Lipinski definition) is 2. The summed E-state index contributed by atoms with van der Waals surface area (Å²) in [7, 11) is -3.36. The standard InChI is InChI=1S/C38H51N2O6P/c1-5-6-7-8-15-24-44-35-21-20-31(25-34(35)26-39)22-23-38(29-41,40-36(42)46-37(2,3)4)30-45-47(43,27-32-16-11-9-12-17-32)28-33-18-13-10-14-19-33/h9-14,16-21,25,41H,5-8,15,22-24,27-30H2,1-4H3,(H,40,42). The van der Waals surface area contributed by atoms with Gasteiger partial charge in [-0.05, 0) is 68.9 Å². The third kappa shape index (κ3) is 13.6. The molecule has 0 aliphatic heterocycles. The van der Waals surface area contributed by atoms with Gasteiger partial charge in [0.05, 0.1) is 43.2 Å². The van der Waals surface area contributed by atoms with Gasteiger partial charge < -0.3 is 24.4 Å². The molecule has 0 radical (unpaired) electrons. The molecule has 0 saturated heterocycles. The summed E-state index contributed by atoms with van der Waals surface area (Å²) in [6.45, 7) is 7.33. The van der Waals surface area contributed by atoms with E-state index in [1.54, 1.807) is 32.9 Å². The Labute approximate surface area is 280 Å². The molecule has 254 valence electrons. The first-order valence-corrected chi connectivity index (χ1v) is 18.6. The van der Waals surface area contributed by atoms with Gasteiger partial charge in [-0.3, -0.25) is 4.57 Å². The first-order chi connectivity index (χ1) is 22.5. The molecule has 3 aromatic rings. The molecule has 1 atom stereocenters. The monoisotopic (exact) mass is 662 g/mol. The number of nitrogens with zero attached hydrogens (tertiary/aromatic N) is 1. The van der Waals surface area contributed by atoms with Gasteiger partial charge in [-0.15, -0.1) is 0 Å². The molecule has 0 saturated carbocycles. The summed E-state index contributed by atoms with van der Waals surface area (Å²) < 4.78 is 32.3. The van der Waals surface area contributed by atoms with Crippen LogP contribution in [-0.2, 0) is 32.6 Å². The molecule has 0 aliphatic rings. The minimum Gasteiger partial charge on any atom is -0.492 e. The van der Waals surface area contributed by atoms with Gasteiger partial charge >= 0.3 is 6.09 Å². The van der Waals surface area contributed by atoms with Gasteiger partial charge in [0.2, 0.25) is 7.37 Å². The molecular formula is C38H51N2O6P. The number of ether oxygens (including phenoxy) is 2. The highest BCUT2D eigenvalue weighted by atomic mass is 31.2. The number of nitriles is 1. The van der Waals surface area contributed by atoms with Gasteiger partial charge in [-0.1, -0.05) is 99.3 Å². The number of carbonyl (C=O) groups is 1. The number of rotatable bonds is 19. The van der Waals surface area contributed by atoms with Crippen molar-refractivity contribution in [2.75, 3.05) is 19.8 Å². The second kappa shape index (κ2) is 18.6. The Bertz CT molecular complexity index is 1420. The highest BCUT2D eigenvalue weighted by Crippen LogP contribution is 2.54. The Morgan fingerprint density at radius 1 is 0.894 bits per heavy atom. The van der Waals surface area contributed by atoms with Gasteiger partial charge in [-0.2, -0.15) is 5.26 Å². The summed E-state index contributed by atoms with van der Waals surface area (Å²) in [4.78, 5) is 13.1. The molecule has 0 bridgehead atoms. The zero-order chi connectivity index (χ0) is 34.2. The molecule has 0 heterocycles. The molecule has 8 nitrogen and oxygen atoms in total. The Hall–Kier alpha value is -3.63. The number of unbranched alkanes of at least 4 members (excludes halogenated alkanes) is 4. The zero-order valence-corrected chi connectivity index (χ0v) is 29.3. The van der Waals surface area contributed by atoms with Crippen LogP contribution in [0.5, 0.6) is 5.75 Å². The average Bonchev–Trinajstić information content (AvgIpc) is 3.04. The molecule has 0 aliphatic carbocycles. The lowest BCUT2D eigenvalue weighted by Gasteiger charge is -2.35. The third-order valence-corrected chi connectivity index (χ3v) is 10.0. The SMILES string of the molecule is CCCCCCCOc1ccc(CCC(CO)(COP(=O)(Cc2ccccc2)Cc2ccccc2)NC(=O)OC(C)(C)C)cc1C#N. The van der Waals surface area contributed by atoms with Gasteiger partial charge in [0.1, 0.15) is 17.4 Å². The van der Waals surface area contributed by atoms with Crippen LogP contribution in [0.25, 0.3) is 0 Å². The predicted octanol–water partition coefficient (Wildman–Crippen LogP) is 8.79. The molecule has 0 aromatic heterocycles. The highest BCUT2D eigenvalue weighted by molar-refractivity contribution is 7.57. The van der Waals surface area contributed by atoms with E-state index in [4.69, 9.17) is 14.0 Å². The highest BCUT2D eigenvalue weighted by Gasteiger charge is 2.37. The number of nitrogens with one attached hydrogen (secondary N) is 1. The molecule has 2 N–H and O–H groups in total. The van der Waals surface area contributed by atoms with Gasteiger partial charge in [0.25, 0.3) is 0 Å². The van der Waals surface area contributed by atoms with Crippen molar-refractivity contribution in [1.82, 2.24) is 5.32 Å². The molecule has 3 rings (SSSR count). The van der Waals surface area contributed by atoms with Gasteiger partial charge in [0, 0.05) is 0 Å². The fraction of sp³-hybridized carbons (Fsp3) is 0.474. The summed E-state index contributed by atoms with van der Waals surface area (Å²) in [5.74, 6) is 0.540. The van der Waals surface area contributed by atoms with Crippen LogP contribution in [0.3, 0.4) is 0 Å². The normalized spacial score (nSPS) is 12.9. The van der Waals surface area contributed by atoms with Crippen molar-refractivity contribution < 1.29 is 28.5 Å². The van der Waals surface area contributed by atoms with Crippen LogP contribution < -0.4 is 10.1 Å². The summed E-state index contributed by atoms with van der Waals surface area (Å²) in [6, 6.07) is 26.7. The van der Waals surface area contributed by atoms with Gasteiger partial charge in [-0.25, -0.2) is 4.79 Å². The van der Waals surface area contributed by atoms with E-state index in [2.05, 4.69) is 18.3 Å². The van der Waals surface area contributed by atoms with Crippen LogP contribution in [0.1, 0.15) is 88.5 Å². The van der Waals surface area contributed by atoms with Crippen LogP contribution in [0.15, 0.2) is 78.9 Å². The molecule has 9 heteroatoms. The maximum Gasteiger partial charge on any atom is 0.408 e. The average molecular weight is 663 g/mol. The molecule has 1 unspecified atom stereocenters. The lowest BCUT2D eigenvalue weighted by Crippen LogP contribution is -2.56. The van der Waals surface area contributed by atoms with E-state index in [0.717, 1.165) is 29.5 Å². The Morgan fingerprint density at radius 2 is 1.51 bits per heavy atom. The minimum absolute atomic E-state index is 0.197. The summed E-state index contributed by atoms with van der Waals surface area (Å²) in [5, 5.41) is 23.5. The lowest BCUT2D eigenvalue weighted by molar-refractivity contribution is 0.0303. The number of aryl methyl sites for hydroxylation is 1. The van der Waals surface area contributed by atoms with Crippen molar-refractivity contribution in [3.05, 3.63) is 101 Å². The van der Waals surface area contributed by atoms with E-state index in [1.807, 2.05) is 66.7 Å². The van der Waals surface area contributed by atoms with Crippen molar-refractivity contribution in [2.24, 2.45) is 0 Å². The van der Waals surface area contributed by atoms with Crippen LogP contribution in [-0.4, -0.2) is 42.2 Å². The van der Waals surface area contributed by atoms with Crippen LogP contribution in [0.4, 0.5) is 4.79 Å². The molecule has 0 spiro atoms. The van der Waals surface area contributed by atoms with Gasteiger partial charge in [0.15, 0.2) is 0 Å². The van der Waals surface area contributed by atoms with E-state index in [-0.39, 0.29) is 25.4 Å². The van der Waals surface area contributed by atoms with Crippen LogP contribution in [0.2, 0.25) is 0 Å². The summed E-state index contributed by atoms with van der Waals surface area (Å²) >= 11 is 0. The number of aliphatic hydroxyl groups excluding tert-OH is 1. The number of amides is 1. The Balaban J connectivity index is 1.81. The molecule has 47 heavy (non-hydrogen) atoms. The molecule has 3 aromatic carbocycles. The third-order valence-electron chi connectivity index (χ3n) is 7.74. The fourth-order valence-electron chi connectivity index (χ4n) is 5.18. The molecular weight excluding hydrogens is 611 g/mol. The Kier molecular flexibility index (Phi) is 15.0. The van der Waals surface area contributed by atoms with Crippen molar-refractivity contribution >= 4 is 13.5 Å². The van der Waals surface area contributed by atoms with Crippen molar-refractivity contribution in [3.8, 4) is 11.8 Å². The second-order valence-corrected chi connectivity index (χ2v) is 15.7. The molecule has 1 amide bonds. The van der Waals surface area contributed by atoms with Crippen molar-refractivity contribution in [1.29, 1.82) is 5.26 Å². The number of aliphatic hydroxyl groups is 1. The fourth-order valence-corrected chi connectivity index (χ4v) is 7.50. The first-order valence-electron chi connectivity index (χ1n) is 16.6. The quantitative estimate of drug-likeness (QED) is 0.0973. The smallest absolute Gasteiger partial charge is 0.408 e. The first kappa shape index (κ1) is 37.8. The lowest BCUT2D eigenvalue weighted by atomic mass is 9.92. The number of benzene rings is 3. The largest absolute Gasteiger partial charge is 0.492 e. The summed E-state index contributed by atoms with van der Waals surface area (Å²) in [5.41, 5.74) is 0.915. The van der Waals surface area contributed by atoms with E-state index in [1.165, 1.54) is 19.3 Å². The number of alkyl carbamates (subject to hydrolysis) is 1. The topological polar surface area (TPSA) is 118 Å².